The molecule has 0 spiro atoms. The lowest BCUT2D eigenvalue weighted by atomic mass is 10.2. The molecule has 0 heterocycles. The van der Waals surface area contributed by atoms with E-state index in [-0.39, 0.29) is 11.5 Å². The summed E-state index contributed by atoms with van der Waals surface area (Å²) in [5, 5.41) is 10.6. The number of nitro groups is 1. The van der Waals surface area contributed by atoms with E-state index in [1.807, 2.05) is 30.3 Å². The molecule has 0 saturated carbocycles. The molecule has 0 bridgehead atoms. The Balaban J connectivity index is 2.25. The summed E-state index contributed by atoms with van der Waals surface area (Å²) in [5.74, 6) is -0.0396. The number of rotatable bonds is 5. The number of hydrogen-bond acceptors (Lipinski definition) is 4. The van der Waals surface area contributed by atoms with E-state index < -0.39 is 4.92 Å². The molecular weight excluding hydrogens is 286 g/mol. The first-order valence-corrected chi connectivity index (χ1v) is 7.08. The van der Waals surface area contributed by atoms with Gasteiger partial charge in [0.25, 0.3) is 5.69 Å². The van der Waals surface area contributed by atoms with Gasteiger partial charge in [0.05, 0.1) is 9.83 Å². The van der Waals surface area contributed by atoms with Gasteiger partial charge < -0.3 is 0 Å². The van der Waals surface area contributed by atoms with E-state index in [4.69, 9.17) is 0 Å². The van der Waals surface area contributed by atoms with Crippen LogP contribution < -0.4 is 0 Å². The van der Waals surface area contributed by atoms with Crippen molar-refractivity contribution in [2.45, 2.75) is 11.8 Å². The molecule has 0 N–H and O–H groups in total. The van der Waals surface area contributed by atoms with E-state index >= 15 is 0 Å². The minimum absolute atomic E-state index is 0.0345. The van der Waals surface area contributed by atoms with E-state index in [2.05, 4.69) is 0 Å². The highest BCUT2D eigenvalue weighted by Crippen LogP contribution is 2.29. The SMILES string of the molecule is CC(=O)/C(=C\c1ccc([N+](=O)[O-])cc1)Sc1ccccc1. The molecule has 2 rings (SSSR count). The van der Waals surface area contributed by atoms with Gasteiger partial charge in [-0.1, -0.05) is 30.0 Å². The van der Waals surface area contributed by atoms with Crippen LogP contribution in [0.3, 0.4) is 0 Å². The first-order valence-electron chi connectivity index (χ1n) is 6.26. The maximum atomic E-state index is 11.7. The van der Waals surface area contributed by atoms with E-state index in [9.17, 15) is 14.9 Å². The molecular formula is C16H13NO3S. The Hall–Kier alpha value is -2.40. The van der Waals surface area contributed by atoms with E-state index in [0.717, 1.165) is 10.5 Å². The van der Waals surface area contributed by atoms with Crippen LogP contribution in [0.5, 0.6) is 0 Å². The zero-order valence-corrected chi connectivity index (χ0v) is 12.2. The van der Waals surface area contributed by atoms with Crippen LogP contribution in [0.2, 0.25) is 0 Å². The van der Waals surface area contributed by atoms with Crippen LogP contribution in [0.15, 0.2) is 64.4 Å². The maximum Gasteiger partial charge on any atom is 0.269 e. The number of non-ortho nitro benzene ring substituents is 1. The number of allylic oxidation sites excluding steroid dienone is 1. The summed E-state index contributed by atoms with van der Waals surface area (Å²) in [7, 11) is 0. The third kappa shape index (κ3) is 4.29. The molecule has 2 aromatic carbocycles. The van der Waals surface area contributed by atoms with E-state index in [1.54, 1.807) is 18.2 Å². The van der Waals surface area contributed by atoms with Crippen molar-refractivity contribution >= 4 is 29.3 Å². The molecule has 21 heavy (non-hydrogen) atoms. The molecule has 0 saturated heterocycles. The lowest BCUT2D eigenvalue weighted by Gasteiger charge is -2.04. The van der Waals surface area contributed by atoms with Crippen molar-refractivity contribution in [3.05, 3.63) is 75.2 Å². The van der Waals surface area contributed by atoms with Crippen molar-refractivity contribution in [3.8, 4) is 0 Å². The fraction of sp³-hybridized carbons (Fsp3) is 0.0625. The fourth-order valence-corrected chi connectivity index (χ4v) is 2.55. The Labute approximate surface area is 126 Å². The highest BCUT2D eigenvalue weighted by atomic mass is 32.2. The van der Waals surface area contributed by atoms with Gasteiger partial charge in [0.2, 0.25) is 0 Å². The van der Waals surface area contributed by atoms with Crippen LogP contribution in [0.1, 0.15) is 12.5 Å². The predicted octanol–water partition coefficient (Wildman–Crippen LogP) is 4.32. The van der Waals surface area contributed by atoms with Gasteiger partial charge in [-0.25, -0.2) is 0 Å². The van der Waals surface area contributed by atoms with Gasteiger partial charge in [-0.3, -0.25) is 14.9 Å². The zero-order valence-electron chi connectivity index (χ0n) is 11.4. The number of benzene rings is 2. The molecule has 5 heteroatoms. The predicted molar refractivity (Wildman–Crippen MR) is 84.1 cm³/mol. The topological polar surface area (TPSA) is 60.2 Å². The molecule has 0 aliphatic heterocycles. The molecule has 0 aliphatic rings. The second kappa shape index (κ2) is 6.85. The number of carbonyl (C=O) groups excluding carboxylic acids is 1. The van der Waals surface area contributed by atoms with Crippen LogP contribution in [-0.2, 0) is 4.79 Å². The van der Waals surface area contributed by atoms with E-state index in [0.29, 0.717) is 4.91 Å². The van der Waals surface area contributed by atoms with Crippen LogP contribution >= 0.6 is 11.8 Å². The average molecular weight is 299 g/mol. The Kier molecular flexibility index (Phi) is 4.90. The first-order chi connectivity index (χ1) is 10.1. The van der Waals surface area contributed by atoms with Crippen LogP contribution in [0, 0.1) is 10.1 Å². The normalized spacial score (nSPS) is 11.2. The van der Waals surface area contributed by atoms with Crippen molar-refractivity contribution in [1.29, 1.82) is 0 Å². The lowest BCUT2D eigenvalue weighted by Crippen LogP contribution is -1.92. The Morgan fingerprint density at radius 1 is 1.10 bits per heavy atom. The molecule has 0 radical (unpaired) electrons. The summed E-state index contributed by atoms with van der Waals surface area (Å²) in [6.45, 7) is 1.51. The average Bonchev–Trinajstić information content (AvgIpc) is 2.48. The second-order valence-corrected chi connectivity index (χ2v) is 5.44. The van der Waals surface area contributed by atoms with Crippen molar-refractivity contribution in [3.63, 3.8) is 0 Å². The maximum absolute atomic E-state index is 11.7. The van der Waals surface area contributed by atoms with Crippen molar-refractivity contribution < 1.29 is 9.72 Å². The highest BCUT2D eigenvalue weighted by Gasteiger charge is 2.08. The van der Waals surface area contributed by atoms with Crippen molar-refractivity contribution in [1.82, 2.24) is 0 Å². The molecule has 0 aliphatic carbocycles. The van der Waals surface area contributed by atoms with Gasteiger partial charge in [-0.2, -0.15) is 0 Å². The largest absolute Gasteiger partial charge is 0.294 e. The number of ketones is 1. The Morgan fingerprint density at radius 2 is 1.71 bits per heavy atom. The van der Waals surface area contributed by atoms with Crippen LogP contribution in [0.4, 0.5) is 5.69 Å². The molecule has 0 amide bonds. The Bertz CT molecular complexity index is 678. The second-order valence-electron chi connectivity index (χ2n) is 4.33. The third-order valence-electron chi connectivity index (χ3n) is 2.72. The first kappa shape index (κ1) is 15.0. The van der Waals surface area contributed by atoms with Crippen molar-refractivity contribution in [2.75, 3.05) is 0 Å². The molecule has 4 nitrogen and oxygen atoms in total. The zero-order chi connectivity index (χ0) is 15.2. The summed E-state index contributed by atoms with van der Waals surface area (Å²) in [6.07, 6.45) is 1.74. The van der Waals surface area contributed by atoms with Gasteiger partial charge in [-0.05, 0) is 42.8 Å². The van der Waals surface area contributed by atoms with E-state index in [1.165, 1.54) is 30.8 Å². The molecule has 0 aromatic heterocycles. The van der Waals surface area contributed by atoms with Gasteiger partial charge in [0, 0.05) is 17.0 Å². The quantitative estimate of drug-likeness (QED) is 0.357. The number of carbonyl (C=O) groups is 1. The van der Waals surface area contributed by atoms with Gasteiger partial charge in [0.15, 0.2) is 5.78 Å². The number of hydrogen-bond donors (Lipinski definition) is 0. The molecule has 2 aromatic rings. The minimum atomic E-state index is -0.446. The lowest BCUT2D eigenvalue weighted by molar-refractivity contribution is -0.384. The summed E-state index contributed by atoms with van der Waals surface area (Å²) in [6, 6.07) is 15.7. The van der Waals surface area contributed by atoms with Crippen molar-refractivity contribution in [2.24, 2.45) is 0 Å². The third-order valence-corrected chi connectivity index (χ3v) is 3.85. The smallest absolute Gasteiger partial charge is 0.269 e. The number of nitrogens with zero attached hydrogens (tertiary/aromatic N) is 1. The summed E-state index contributed by atoms with van der Waals surface area (Å²) in [5.41, 5.74) is 0.793. The van der Waals surface area contributed by atoms with Crippen LogP contribution in [0.25, 0.3) is 6.08 Å². The highest BCUT2D eigenvalue weighted by molar-refractivity contribution is 8.04. The molecule has 0 fully saturated rings. The Morgan fingerprint density at radius 3 is 2.24 bits per heavy atom. The number of nitro benzene ring substituents is 1. The number of thioether (sulfide) groups is 1. The van der Waals surface area contributed by atoms with Gasteiger partial charge in [-0.15, -0.1) is 0 Å². The molecule has 106 valence electrons. The summed E-state index contributed by atoms with van der Waals surface area (Å²) in [4.78, 5) is 23.5. The molecule has 0 unspecified atom stereocenters. The number of Topliss-reactive ketones (excluding diaryl/α,β-unsaturated/α-hetero) is 1. The van der Waals surface area contributed by atoms with Gasteiger partial charge in [0.1, 0.15) is 0 Å². The summed E-state index contributed by atoms with van der Waals surface area (Å²) < 4.78 is 0. The monoisotopic (exact) mass is 299 g/mol. The molecule has 0 atom stereocenters. The minimum Gasteiger partial charge on any atom is -0.294 e. The summed E-state index contributed by atoms with van der Waals surface area (Å²) >= 11 is 1.38. The fourth-order valence-electron chi connectivity index (χ4n) is 1.66. The standard InChI is InChI=1S/C16H13NO3S/c1-12(18)16(21-15-5-3-2-4-6-15)11-13-7-9-14(10-8-13)17(19)20/h2-11H,1H3/b16-11+. The van der Waals surface area contributed by atoms with Crippen LogP contribution in [-0.4, -0.2) is 10.7 Å². The van der Waals surface area contributed by atoms with Gasteiger partial charge >= 0.3 is 0 Å².